The predicted molar refractivity (Wildman–Crippen MR) is 123 cm³/mol. The van der Waals surface area contributed by atoms with Crippen molar-refractivity contribution in [2.45, 2.75) is 13.1 Å². The summed E-state index contributed by atoms with van der Waals surface area (Å²) in [6.07, 6.45) is 2.92. The number of rotatable bonds is 6. The van der Waals surface area contributed by atoms with Gasteiger partial charge in [0.1, 0.15) is 17.6 Å². The summed E-state index contributed by atoms with van der Waals surface area (Å²) in [4.78, 5) is 17.6. The molecule has 1 fully saturated rings. The first-order chi connectivity index (χ1) is 16.7. The van der Waals surface area contributed by atoms with Gasteiger partial charge in [-0.1, -0.05) is 6.07 Å². The fourth-order valence-corrected chi connectivity index (χ4v) is 4.68. The van der Waals surface area contributed by atoms with Gasteiger partial charge in [0.25, 0.3) is 0 Å². The van der Waals surface area contributed by atoms with Crippen molar-refractivity contribution in [2.75, 3.05) is 33.0 Å². The van der Waals surface area contributed by atoms with Crippen LogP contribution < -0.4 is 9.47 Å². The van der Waals surface area contributed by atoms with Gasteiger partial charge in [0, 0.05) is 50.2 Å². The number of phenols is 1. The lowest BCUT2D eigenvalue weighted by Crippen LogP contribution is -2.45. The molecule has 34 heavy (non-hydrogen) atoms. The Balaban J connectivity index is 1.17. The average Bonchev–Trinajstić information content (AvgIpc) is 3.62. The van der Waals surface area contributed by atoms with E-state index in [1.165, 1.54) is 18.1 Å². The lowest BCUT2D eigenvalue weighted by molar-refractivity contribution is 0.101. The van der Waals surface area contributed by atoms with E-state index in [4.69, 9.17) is 18.3 Å². The molecule has 0 aliphatic carbocycles. The molecule has 4 heterocycles. The summed E-state index contributed by atoms with van der Waals surface area (Å²) in [6, 6.07) is 12.7. The lowest BCUT2D eigenvalue weighted by Gasteiger charge is -2.35. The van der Waals surface area contributed by atoms with Crippen LogP contribution in [0.5, 0.6) is 17.2 Å². The second-order valence-electron chi connectivity index (χ2n) is 8.63. The standard InChI is InChI=1S/C26H24N2O6/c29-20-4-6-22-25(19(15-32-22)26(30)23-2-1-11-31-23)18(20)14-28-9-7-27(8-10-28)13-17-3-5-21-24(12-17)34-16-33-21/h1-6,11-12,15,29H,7-10,13-14,16H2. The number of carbonyl (C=O) groups is 1. The van der Waals surface area contributed by atoms with E-state index in [1.54, 1.807) is 24.3 Å². The summed E-state index contributed by atoms with van der Waals surface area (Å²) < 4.78 is 21.8. The van der Waals surface area contributed by atoms with E-state index in [0.717, 1.165) is 44.2 Å². The van der Waals surface area contributed by atoms with Crippen LogP contribution in [0.4, 0.5) is 0 Å². The fourth-order valence-electron chi connectivity index (χ4n) is 4.68. The maximum absolute atomic E-state index is 13.0. The van der Waals surface area contributed by atoms with E-state index < -0.39 is 0 Å². The molecule has 1 N–H and O–H groups in total. The molecule has 0 radical (unpaired) electrons. The average molecular weight is 460 g/mol. The summed E-state index contributed by atoms with van der Waals surface area (Å²) in [5, 5.41) is 11.3. The van der Waals surface area contributed by atoms with Gasteiger partial charge < -0.3 is 23.4 Å². The second kappa shape index (κ2) is 8.55. The van der Waals surface area contributed by atoms with Crippen molar-refractivity contribution in [1.29, 1.82) is 0 Å². The summed E-state index contributed by atoms with van der Waals surface area (Å²) in [5.74, 6) is 1.75. The number of hydrogen-bond donors (Lipinski definition) is 1. The molecule has 2 aromatic carbocycles. The zero-order valence-electron chi connectivity index (χ0n) is 18.5. The van der Waals surface area contributed by atoms with Crippen LogP contribution in [-0.2, 0) is 13.1 Å². The van der Waals surface area contributed by atoms with Crippen LogP contribution in [0.15, 0.2) is 63.8 Å². The number of benzene rings is 2. The van der Waals surface area contributed by atoms with Gasteiger partial charge in [-0.3, -0.25) is 14.6 Å². The largest absolute Gasteiger partial charge is 0.508 e. The van der Waals surface area contributed by atoms with E-state index in [2.05, 4.69) is 15.9 Å². The third-order valence-corrected chi connectivity index (χ3v) is 6.50. The Labute approximate surface area is 195 Å². The van der Waals surface area contributed by atoms with Crippen molar-refractivity contribution < 1.29 is 28.2 Å². The number of hydrogen-bond acceptors (Lipinski definition) is 8. The van der Waals surface area contributed by atoms with Crippen molar-refractivity contribution >= 4 is 16.8 Å². The van der Waals surface area contributed by atoms with Gasteiger partial charge in [0.15, 0.2) is 17.3 Å². The molecule has 2 aliphatic heterocycles. The zero-order chi connectivity index (χ0) is 23.1. The van der Waals surface area contributed by atoms with Crippen molar-refractivity contribution in [3.8, 4) is 17.2 Å². The molecular weight excluding hydrogens is 436 g/mol. The van der Waals surface area contributed by atoms with Crippen LogP contribution in [0.2, 0.25) is 0 Å². The Bertz CT molecular complexity index is 1340. The highest BCUT2D eigenvalue weighted by molar-refractivity contribution is 6.15. The topological polar surface area (TPSA) is 88.5 Å². The minimum Gasteiger partial charge on any atom is -0.508 e. The number of fused-ring (bicyclic) bond motifs is 2. The molecule has 0 saturated carbocycles. The molecule has 4 aromatic rings. The third-order valence-electron chi connectivity index (χ3n) is 6.50. The highest BCUT2D eigenvalue weighted by atomic mass is 16.7. The highest BCUT2D eigenvalue weighted by Gasteiger charge is 2.25. The van der Waals surface area contributed by atoms with Gasteiger partial charge in [-0.25, -0.2) is 0 Å². The first-order valence-electron chi connectivity index (χ1n) is 11.3. The van der Waals surface area contributed by atoms with Gasteiger partial charge >= 0.3 is 0 Å². The van der Waals surface area contributed by atoms with Crippen LogP contribution in [0, 0.1) is 0 Å². The molecule has 0 spiro atoms. The zero-order valence-corrected chi connectivity index (χ0v) is 18.5. The Morgan fingerprint density at radius 1 is 0.912 bits per heavy atom. The monoisotopic (exact) mass is 460 g/mol. The smallest absolute Gasteiger partial charge is 0.232 e. The summed E-state index contributed by atoms with van der Waals surface area (Å²) in [6.45, 7) is 5.14. The number of piperazine rings is 1. The first-order valence-corrected chi connectivity index (χ1v) is 11.3. The van der Waals surface area contributed by atoms with Gasteiger partial charge in [0.2, 0.25) is 12.6 Å². The van der Waals surface area contributed by atoms with Gasteiger partial charge in [-0.2, -0.15) is 0 Å². The molecule has 2 aliphatic rings. The Hall–Kier alpha value is -3.75. The Morgan fingerprint density at radius 3 is 2.50 bits per heavy atom. The van der Waals surface area contributed by atoms with Crippen molar-refractivity contribution in [3.63, 3.8) is 0 Å². The summed E-state index contributed by atoms with van der Waals surface area (Å²) in [5.41, 5.74) is 2.87. The van der Waals surface area contributed by atoms with Crippen LogP contribution in [0.3, 0.4) is 0 Å². The molecule has 8 heteroatoms. The number of aromatic hydroxyl groups is 1. The number of ketones is 1. The van der Waals surface area contributed by atoms with Gasteiger partial charge in [0.05, 0.1) is 11.8 Å². The fraction of sp³-hybridized carbons (Fsp3) is 0.269. The molecular formula is C26H24N2O6. The van der Waals surface area contributed by atoms with Crippen LogP contribution >= 0.6 is 0 Å². The number of phenolic OH excluding ortho intramolecular Hbond substituents is 1. The molecule has 6 rings (SSSR count). The molecule has 0 amide bonds. The van der Waals surface area contributed by atoms with E-state index in [-0.39, 0.29) is 24.1 Å². The summed E-state index contributed by atoms with van der Waals surface area (Å²) >= 11 is 0. The van der Waals surface area contributed by atoms with Crippen molar-refractivity contribution in [1.82, 2.24) is 9.80 Å². The maximum Gasteiger partial charge on any atom is 0.232 e. The highest BCUT2D eigenvalue weighted by Crippen LogP contribution is 2.35. The molecule has 0 unspecified atom stereocenters. The molecule has 2 aromatic heterocycles. The van der Waals surface area contributed by atoms with Crippen LogP contribution in [0.25, 0.3) is 11.0 Å². The molecule has 174 valence electrons. The van der Waals surface area contributed by atoms with Gasteiger partial charge in [-0.15, -0.1) is 0 Å². The van der Waals surface area contributed by atoms with E-state index >= 15 is 0 Å². The van der Waals surface area contributed by atoms with E-state index in [1.807, 2.05) is 12.1 Å². The first kappa shape index (κ1) is 20.8. The Kier molecular flexibility index (Phi) is 5.24. The van der Waals surface area contributed by atoms with E-state index in [9.17, 15) is 9.90 Å². The number of ether oxygens (including phenoxy) is 2. The quantitative estimate of drug-likeness (QED) is 0.432. The van der Waals surface area contributed by atoms with Crippen molar-refractivity contribution in [3.05, 3.63) is 77.4 Å². The van der Waals surface area contributed by atoms with E-state index in [0.29, 0.717) is 28.6 Å². The number of carbonyl (C=O) groups excluding carboxylic acids is 1. The minimum atomic E-state index is -0.260. The van der Waals surface area contributed by atoms with Crippen LogP contribution in [0.1, 0.15) is 27.2 Å². The van der Waals surface area contributed by atoms with Gasteiger partial charge in [-0.05, 0) is 42.0 Å². The molecule has 0 bridgehead atoms. The predicted octanol–water partition coefficient (Wildman–Crippen LogP) is 4.01. The maximum atomic E-state index is 13.0. The molecule has 8 nitrogen and oxygen atoms in total. The molecule has 0 atom stereocenters. The third kappa shape index (κ3) is 3.81. The van der Waals surface area contributed by atoms with Crippen molar-refractivity contribution in [2.24, 2.45) is 0 Å². The second-order valence-corrected chi connectivity index (χ2v) is 8.63. The normalized spacial score (nSPS) is 16.4. The SMILES string of the molecule is O=C(c1ccco1)c1coc2ccc(O)c(CN3CCN(Cc4ccc5c(c4)OCO5)CC3)c12. The Morgan fingerprint density at radius 2 is 1.71 bits per heavy atom. The molecule has 1 saturated heterocycles. The number of nitrogens with zero attached hydrogens (tertiary/aromatic N) is 2. The lowest BCUT2D eigenvalue weighted by atomic mass is 10.0. The van der Waals surface area contributed by atoms with Crippen LogP contribution in [-0.4, -0.2) is 53.7 Å². The minimum absolute atomic E-state index is 0.158. The number of furan rings is 2. The summed E-state index contributed by atoms with van der Waals surface area (Å²) in [7, 11) is 0.